The summed E-state index contributed by atoms with van der Waals surface area (Å²) in [4.78, 5) is 24.4. The fourth-order valence-corrected chi connectivity index (χ4v) is 3.75. The monoisotopic (exact) mass is 452 g/mol. The van der Waals surface area contributed by atoms with Crippen LogP contribution in [-0.2, 0) is 13.1 Å². The Morgan fingerprint density at radius 3 is 2.71 bits per heavy atom. The quantitative estimate of drug-likeness (QED) is 0.399. The lowest BCUT2D eigenvalue weighted by molar-refractivity contribution is 0.0952. The number of furan rings is 1. The van der Waals surface area contributed by atoms with Gasteiger partial charge in [-0.05, 0) is 35.9 Å². The fraction of sp³-hybridized carbons (Fsp3) is 0.154. The van der Waals surface area contributed by atoms with Gasteiger partial charge < -0.3 is 14.6 Å². The minimum atomic E-state index is -0.189. The molecule has 0 saturated heterocycles. The molecule has 1 aromatic carbocycles. The highest BCUT2D eigenvalue weighted by atomic mass is 16.3. The third-order valence-electron chi connectivity index (χ3n) is 5.53. The Kier molecular flexibility index (Phi) is 5.78. The smallest absolute Gasteiger partial charge is 0.252 e. The second kappa shape index (κ2) is 9.19. The van der Waals surface area contributed by atoms with Crippen LogP contribution in [0.5, 0.6) is 0 Å². The maximum atomic E-state index is 13.3. The molecule has 0 aliphatic carbocycles. The maximum absolute atomic E-state index is 13.3. The van der Waals surface area contributed by atoms with Crippen LogP contribution in [0.25, 0.3) is 22.3 Å². The van der Waals surface area contributed by atoms with Crippen LogP contribution in [0.1, 0.15) is 21.7 Å². The number of benzene rings is 1. The lowest BCUT2D eigenvalue weighted by Gasteiger charge is -2.13. The standard InChI is InChI=1S/C26H24N6O2/c1-31(2)24-13-18(10-11-27-24)15-28-26(33)21-14-23(19-7-4-3-5-8-19)30-25-22(21)16-29-32(25)17-20-9-6-12-34-20/h3-14,16H,15,17H2,1-2H3,(H,28,33). The number of aromatic nitrogens is 4. The first kappa shape index (κ1) is 21.4. The highest BCUT2D eigenvalue weighted by Gasteiger charge is 2.18. The Labute approximate surface area is 196 Å². The van der Waals surface area contributed by atoms with Gasteiger partial charge in [0.15, 0.2) is 5.65 Å². The van der Waals surface area contributed by atoms with E-state index in [4.69, 9.17) is 9.40 Å². The van der Waals surface area contributed by atoms with Gasteiger partial charge in [-0.15, -0.1) is 0 Å². The van der Waals surface area contributed by atoms with Crippen LogP contribution < -0.4 is 10.2 Å². The van der Waals surface area contributed by atoms with E-state index in [2.05, 4.69) is 15.4 Å². The highest BCUT2D eigenvalue weighted by Crippen LogP contribution is 2.25. The van der Waals surface area contributed by atoms with E-state index < -0.39 is 0 Å². The molecule has 0 radical (unpaired) electrons. The number of fused-ring (bicyclic) bond motifs is 1. The number of carbonyl (C=O) groups excluding carboxylic acids is 1. The van der Waals surface area contributed by atoms with Gasteiger partial charge in [-0.25, -0.2) is 14.6 Å². The summed E-state index contributed by atoms with van der Waals surface area (Å²) < 4.78 is 7.24. The molecule has 5 rings (SSSR count). The zero-order valence-corrected chi connectivity index (χ0v) is 19.0. The number of anilines is 1. The van der Waals surface area contributed by atoms with E-state index in [0.29, 0.717) is 35.4 Å². The Balaban J connectivity index is 1.50. The van der Waals surface area contributed by atoms with Crippen LogP contribution in [0.3, 0.4) is 0 Å². The number of rotatable bonds is 7. The SMILES string of the molecule is CN(C)c1cc(CNC(=O)c2cc(-c3ccccc3)nc3c2cnn3Cc2ccco2)ccn1. The van der Waals surface area contributed by atoms with Gasteiger partial charge in [-0.2, -0.15) is 5.10 Å². The molecule has 4 aromatic heterocycles. The molecule has 0 aliphatic heterocycles. The molecular weight excluding hydrogens is 428 g/mol. The van der Waals surface area contributed by atoms with Crippen molar-refractivity contribution in [1.82, 2.24) is 25.1 Å². The number of hydrogen-bond donors (Lipinski definition) is 1. The van der Waals surface area contributed by atoms with Crippen molar-refractivity contribution < 1.29 is 9.21 Å². The van der Waals surface area contributed by atoms with E-state index >= 15 is 0 Å². The molecule has 5 aromatic rings. The minimum absolute atomic E-state index is 0.189. The Morgan fingerprint density at radius 1 is 1.09 bits per heavy atom. The largest absolute Gasteiger partial charge is 0.467 e. The van der Waals surface area contributed by atoms with E-state index in [0.717, 1.165) is 22.7 Å². The molecule has 0 bridgehead atoms. The topological polar surface area (TPSA) is 89.1 Å². The van der Waals surface area contributed by atoms with E-state index in [1.54, 1.807) is 23.3 Å². The van der Waals surface area contributed by atoms with Crippen molar-refractivity contribution >= 4 is 22.8 Å². The zero-order chi connectivity index (χ0) is 23.5. The van der Waals surface area contributed by atoms with Crippen LogP contribution in [0.4, 0.5) is 5.82 Å². The molecule has 0 unspecified atom stereocenters. The number of hydrogen-bond acceptors (Lipinski definition) is 6. The first-order valence-electron chi connectivity index (χ1n) is 10.9. The molecule has 34 heavy (non-hydrogen) atoms. The number of pyridine rings is 2. The summed E-state index contributed by atoms with van der Waals surface area (Å²) in [7, 11) is 3.87. The molecule has 0 spiro atoms. The van der Waals surface area contributed by atoms with Crippen molar-refractivity contribution in [2.75, 3.05) is 19.0 Å². The molecule has 0 fully saturated rings. The second-order valence-corrected chi connectivity index (χ2v) is 8.14. The average molecular weight is 453 g/mol. The first-order chi connectivity index (χ1) is 16.6. The summed E-state index contributed by atoms with van der Waals surface area (Å²) in [5.74, 6) is 1.41. The molecular formula is C26H24N6O2. The molecule has 1 N–H and O–H groups in total. The Hall–Kier alpha value is -4.46. The number of amides is 1. The van der Waals surface area contributed by atoms with Crippen molar-refractivity contribution in [3.63, 3.8) is 0 Å². The third-order valence-corrected chi connectivity index (χ3v) is 5.53. The van der Waals surface area contributed by atoms with Gasteiger partial charge >= 0.3 is 0 Å². The first-order valence-corrected chi connectivity index (χ1v) is 10.9. The van der Waals surface area contributed by atoms with Crippen LogP contribution >= 0.6 is 0 Å². The normalized spacial score (nSPS) is 11.0. The van der Waals surface area contributed by atoms with Crippen molar-refractivity contribution in [3.8, 4) is 11.3 Å². The maximum Gasteiger partial charge on any atom is 0.252 e. The summed E-state index contributed by atoms with van der Waals surface area (Å²) >= 11 is 0. The Bertz CT molecular complexity index is 1420. The molecule has 4 heterocycles. The van der Waals surface area contributed by atoms with Gasteiger partial charge in [-0.3, -0.25) is 4.79 Å². The van der Waals surface area contributed by atoms with E-state index in [-0.39, 0.29) is 5.91 Å². The van der Waals surface area contributed by atoms with Gasteiger partial charge in [0.05, 0.1) is 29.1 Å². The summed E-state index contributed by atoms with van der Waals surface area (Å²) in [6.45, 7) is 0.806. The average Bonchev–Trinajstić information content (AvgIpc) is 3.53. The Morgan fingerprint density at radius 2 is 1.94 bits per heavy atom. The predicted octanol–water partition coefficient (Wildman–Crippen LogP) is 4.13. The van der Waals surface area contributed by atoms with Crippen molar-refractivity contribution in [3.05, 3.63) is 96.2 Å². The minimum Gasteiger partial charge on any atom is -0.467 e. The van der Waals surface area contributed by atoms with Crippen LogP contribution in [0.2, 0.25) is 0 Å². The molecule has 0 atom stereocenters. The van der Waals surface area contributed by atoms with Crippen molar-refractivity contribution in [1.29, 1.82) is 0 Å². The van der Waals surface area contributed by atoms with Gasteiger partial charge in [0.2, 0.25) is 0 Å². The van der Waals surface area contributed by atoms with E-state index in [1.807, 2.05) is 79.7 Å². The molecule has 170 valence electrons. The van der Waals surface area contributed by atoms with Gasteiger partial charge in [0.25, 0.3) is 5.91 Å². The summed E-state index contributed by atoms with van der Waals surface area (Å²) in [5.41, 5.74) is 3.75. The van der Waals surface area contributed by atoms with Crippen molar-refractivity contribution in [2.24, 2.45) is 0 Å². The second-order valence-electron chi connectivity index (χ2n) is 8.14. The number of nitrogens with one attached hydrogen (secondary N) is 1. The molecule has 8 nitrogen and oxygen atoms in total. The summed E-state index contributed by atoms with van der Waals surface area (Å²) in [5, 5.41) is 8.22. The van der Waals surface area contributed by atoms with E-state index in [1.165, 1.54) is 0 Å². The summed E-state index contributed by atoms with van der Waals surface area (Å²) in [6.07, 6.45) is 5.06. The number of nitrogens with zero attached hydrogens (tertiary/aromatic N) is 5. The lowest BCUT2D eigenvalue weighted by atomic mass is 10.1. The zero-order valence-electron chi connectivity index (χ0n) is 19.0. The highest BCUT2D eigenvalue weighted by molar-refractivity contribution is 6.06. The number of carbonyl (C=O) groups is 1. The molecule has 0 aliphatic rings. The third kappa shape index (κ3) is 4.38. The fourth-order valence-electron chi connectivity index (χ4n) is 3.75. The van der Waals surface area contributed by atoms with Crippen LogP contribution in [0.15, 0.2) is 83.7 Å². The van der Waals surface area contributed by atoms with Crippen LogP contribution in [-0.4, -0.2) is 39.8 Å². The van der Waals surface area contributed by atoms with Crippen LogP contribution in [0, 0.1) is 0 Å². The molecule has 1 amide bonds. The van der Waals surface area contributed by atoms with Gasteiger partial charge in [-0.1, -0.05) is 30.3 Å². The van der Waals surface area contributed by atoms with Gasteiger partial charge in [0, 0.05) is 32.4 Å². The predicted molar refractivity (Wildman–Crippen MR) is 131 cm³/mol. The molecule has 0 saturated carbocycles. The summed E-state index contributed by atoms with van der Waals surface area (Å²) in [6, 6.07) is 19.2. The lowest BCUT2D eigenvalue weighted by Crippen LogP contribution is -2.23. The van der Waals surface area contributed by atoms with E-state index in [9.17, 15) is 4.79 Å². The van der Waals surface area contributed by atoms with Gasteiger partial charge in [0.1, 0.15) is 18.1 Å². The van der Waals surface area contributed by atoms with Crippen molar-refractivity contribution in [2.45, 2.75) is 13.1 Å². The molecule has 8 heteroatoms.